The van der Waals surface area contributed by atoms with Crippen LogP contribution >= 0.6 is 0 Å². The summed E-state index contributed by atoms with van der Waals surface area (Å²) in [5.41, 5.74) is 1.32. The third kappa shape index (κ3) is 1.52. The van der Waals surface area contributed by atoms with Gasteiger partial charge in [0.25, 0.3) is 5.71 Å². The number of nitriles is 2. The van der Waals surface area contributed by atoms with E-state index in [1.807, 2.05) is 24.3 Å². The summed E-state index contributed by atoms with van der Waals surface area (Å²) in [7, 11) is 0. The number of Topliss-reactive ketones (excluding diaryl/α,β-unsaturated/α-hetero) is 1. The summed E-state index contributed by atoms with van der Waals surface area (Å²) in [5, 5.41) is 32.0. The van der Waals surface area contributed by atoms with Crippen molar-refractivity contribution in [1.29, 1.82) is 10.5 Å². The summed E-state index contributed by atoms with van der Waals surface area (Å²) in [6, 6.07) is 3.82. The van der Waals surface area contributed by atoms with Crippen LogP contribution in [0.1, 0.15) is 6.42 Å². The number of nitrogens with one attached hydrogen (secondary N) is 1. The maximum Gasteiger partial charge on any atom is 0.268 e. The summed E-state index contributed by atoms with van der Waals surface area (Å²) in [5.74, 6) is -0.477. The van der Waals surface area contributed by atoms with Crippen LogP contribution in [0.3, 0.4) is 0 Å². The molecule has 4 aliphatic rings. The van der Waals surface area contributed by atoms with Gasteiger partial charge in [-0.2, -0.15) is 10.5 Å². The molecular formula is C18H11N4O2+. The van der Waals surface area contributed by atoms with Gasteiger partial charge in [0, 0.05) is 22.8 Å². The summed E-state index contributed by atoms with van der Waals surface area (Å²) in [4.78, 5) is 13.0. The first kappa shape index (κ1) is 14.0. The van der Waals surface area contributed by atoms with Crippen LogP contribution in [-0.4, -0.2) is 27.0 Å². The molecule has 114 valence electrons. The Bertz CT molecular complexity index is 1000. The molecule has 1 spiro atoms. The molecule has 2 N–H and O–H groups in total. The summed E-state index contributed by atoms with van der Waals surface area (Å²) in [6.07, 6.45) is 12.2. The number of allylic oxidation sites excluding steroid dienone is 6. The highest BCUT2D eigenvalue weighted by molar-refractivity contribution is 6.23. The Morgan fingerprint density at radius 3 is 2.83 bits per heavy atom. The van der Waals surface area contributed by atoms with E-state index >= 15 is 0 Å². The van der Waals surface area contributed by atoms with Crippen molar-refractivity contribution >= 4 is 11.5 Å². The minimum Gasteiger partial charge on any atom is -0.364 e. The van der Waals surface area contributed by atoms with Crippen LogP contribution in [0, 0.1) is 22.7 Å². The van der Waals surface area contributed by atoms with Gasteiger partial charge in [0.05, 0.1) is 17.8 Å². The van der Waals surface area contributed by atoms with Crippen LogP contribution < -0.4 is 5.32 Å². The van der Waals surface area contributed by atoms with Crippen LogP contribution in [0.15, 0.2) is 70.6 Å². The third-order valence-corrected chi connectivity index (χ3v) is 4.64. The largest absolute Gasteiger partial charge is 0.364 e. The zero-order valence-electron chi connectivity index (χ0n) is 12.4. The molecule has 0 radical (unpaired) electrons. The fourth-order valence-corrected chi connectivity index (χ4v) is 3.62. The lowest BCUT2D eigenvalue weighted by Crippen LogP contribution is -2.60. The number of carbonyl (C=O) groups is 1. The Morgan fingerprint density at radius 2 is 2.08 bits per heavy atom. The molecule has 3 aliphatic carbocycles. The number of carbonyl (C=O) groups excluding carboxylic acids is 1. The Labute approximate surface area is 137 Å². The van der Waals surface area contributed by atoms with Gasteiger partial charge in [-0.3, -0.25) is 10.0 Å². The first-order valence-electron chi connectivity index (χ1n) is 7.32. The fraction of sp³-hybridized carbons (Fsp3) is 0.111. The van der Waals surface area contributed by atoms with E-state index in [2.05, 4.69) is 5.32 Å². The average Bonchev–Trinajstić information content (AvgIpc) is 2.60. The monoisotopic (exact) mass is 315 g/mol. The van der Waals surface area contributed by atoms with Gasteiger partial charge >= 0.3 is 0 Å². The third-order valence-electron chi connectivity index (χ3n) is 4.64. The second kappa shape index (κ2) is 4.68. The number of ketones is 1. The summed E-state index contributed by atoms with van der Waals surface area (Å²) < 4.78 is 0.965. The van der Waals surface area contributed by atoms with E-state index in [4.69, 9.17) is 0 Å². The topological polar surface area (TPSA) is 99.9 Å². The van der Waals surface area contributed by atoms with Gasteiger partial charge in [-0.1, -0.05) is 24.3 Å². The highest BCUT2D eigenvalue weighted by Crippen LogP contribution is 2.44. The molecule has 24 heavy (non-hydrogen) atoms. The van der Waals surface area contributed by atoms with Crippen LogP contribution in [-0.2, 0) is 4.79 Å². The predicted molar refractivity (Wildman–Crippen MR) is 83.3 cm³/mol. The van der Waals surface area contributed by atoms with Crippen LogP contribution in [0.4, 0.5) is 0 Å². The van der Waals surface area contributed by atoms with Crippen LogP contribution in [0.5, 0.6) is 0 Å². The van der Waals surface area contributed by atoms with Crippen molar-refractivity contribution in [3.05, 3.63) is 70.6 Å². The minimum absolute atomic E-state index is 0.130. The quantitative estimate of drug-likeness (QED) is 0.519. The van der Waals surface area contributed by atoms with E-state index in [1.165, 1.54) is 6.20 Å². The number of nitrogens with zero attached hydrogens (tertiary/aromatic N) is 3. The second-order valence-electron chi connectivity index (χ2n) is 5.74. The Kier molecular flexibility index (Phi) is 2.72. The van der Waals surface area contributed by atoms with Crippen molar-refractivity contribution in [3.63, 3.8) is 0 Å². The van der Waals surface area contributed by atoms with Crippen molar-refractivity contribution in [2.24, 2.45) is 0 Å². The smallest absolute Gasteiger partial charge is 0.268 e. The predicted octanol–water partition coefficient (Wildman–Crippen LogP) is 1.32. The van der Waals surface area contributed by atoms with E-state index in [9.17, 15) is 20.5 Å². The van der Waals surface area contributed by atoms with Crippen LogP contribution in [0.25, 0.3) is 0 Å². The molecule has 0 fully saturated rings. The molecule has 1 heterocycles. The highest BCUT2D eigenvalue weighted by atomic mass is 16.5. The van der Waals surface area contributed by atoms with Crippen molar-refractivity contribution in [2.75, 3.05) is 0 Å². The van der Waals surface area contributed by atoms with Crippen molar-refractivity contribution < 1.29 is 14.7 Å². The average molecular weight is 315 g/mol. The van der Waals surface area contributed by atoms with E-state index in [-0.39, 0.29) is 17.6 Å². The molecule has 0 aromatic rings. The summed E-state index contributed by atoms with van der Waals surface area (Å²) >= 11 is 0. The first-order valence-corrected chi connectivity index (χ1v) is 7.32. The molecule has 4 rings (SSSR count). The summed E-state index contributed by atoms with van der Waals surface area (Å²) in [6.45, 7) is 0. The molecule has 6 nitrogen and oxygen atoms in total. The molecule has 1 aliphatic heterocycles. The van der Waals surface area contributed by atoms with Gasteiger partial charge in [0.15, 0.2) is 5.54 Å². The number of hydrogen-bond donors (Lipinski definition) is 2. The maximum atomic E-state index is 13.0. The standard InChI is InChI=1S/C18H10N4O2/c19-9-12-8-11-4-5-13-2-1-3-15-18(13,21-6-7-22(15)24)16(11)17(23)14(12)10-20/h1-7H,8H2,(H-,21,23,24)/p+1. The zero-order valence-corrected chi connectivity index (χ0v) is 12.4. The minimum atomic E-state index is -1.05. The fourth-order valence-electron chi connectivity index (χ4n) is 3.62. The van der Waals surface area contributed by atoms with Gasteiger partial charge in [-0.25, -0.2) is 0 Å². The molecule has 1 unspecified atom stereocenters. The van der Waals surface area contributed by atoms with Crippen LogP contribution in [0.2, 0.25) is 0 Å². The molecule has 0 aromatic carbocycles. The Hall–Kier alpha value is -3.64. The molecule has 0 aromatic heterocycles. The lowest BCUT2D eigenvalue weighted by molar-refractivity contribution is -0.727. The van der Waals surface area contributed by atoms with E-state index < -0.39 is 11.3 Å². The molecule has 1 atom stereocenters. The molecular weight excluding hydrogens is 304 g/mol. The van der Waals surface area contributed by atoms with Gasteiger partial charge in [0.2, 0.25) is 12.0 Å². The number of rotatable bonds is 0. The molecule has 6 heteroatoms. The normalized spacial score (nSPS) is 26.9. The number of hydrogen-bond acceptors (Lipinski definition) is 5. The Balaban J connectivity index is 2.01. The zero-order chi connectivity index (χ0) is 16.9. The van der Waals surface area contributed by atoms with E-state index in [1.54, 1.807) is 24.4 Å². The second-order valence-corrected chi connectivity index (χ2v) is 5.74. The lowest BCUT2D eigenvalue weighted by Gasteiger charge is -2.40. The number of hydroxylamine groups is 1. The molecule has 0 saturated carbocycles. The lowest BCUT2D eigenvalue weighted by atomic mass is 9.65. The van der Waals surface area contributed by atoms with Gasteiger partial charge < -0.3 is 5.32 Å². The van der Waals surface area contributed by atoms with Crippen molar-refractivity contribution in [3.8, 4) is 12.1 Å². The van der Waals surface area contributed by atoms with Crippen molar-refractivity contribution in [2.45, 2.75) is 12.0 Å². The molecule has 0 bridgehead atoms. The van der Waals surface area contributed by atoms with Crippen molar-refractivity contribution in [1.82, 2.24) is 5.32 Å². The van der Waals surface area contributed by atoms with Gasteiger partial charge in [-0.05, 0) is 11.1 Å². The van der Waals surface area contributed by atoms with Gasteiger partial charge in [0.1, 0.15) is 11.6 Å². The first-order chi connectivity index (χ1) is 11.6. The molecule has 0 saturated heterocycles. The van der Waals surface area contributed by atoms with E-state index in [0.29, 0.717) is 16.9 Å². The SMILES string of the molecule is N#CC1=C(C#N)C(=O)C2=C(C=CC3=CC=CC4=[N+](O)C=CNC324)C1. The maximum absolute atomic E-state index is 13.0. The highest BCUT2D eigenvalue weighted by Gasteiger charge is 2.55. The molecule has 0 amide bonds. The van der Waals surface area contributed by atoms with E-state index in [0.717, 1.165) is 10.3 Å². The Morgan fingerprint density at radius 1 is 1.25 bits per heavy atom. The van der Waals surface area contributed by atoms with Gasteiger partial charge in [-0.15, -0.1) is 0 Å².